The molecule has 4 heteroatoms. The molecule has 1 aromatic carbocycles. The largest absolute Gasteiger partial charge is 0.339 e. The first-order valence-corrected chi connectivity index (χ1v) is 6.78. The van der Waals surface area contributed by atoms with Crippen molar-refractivity contribution in [1.29, 1.82) is 0 Å². The molecule has 0 radical (unpaired) electrons. The highest BCUT2D eigenvalue weighted by atomic mass is 16.5. The molecule has 3 rings (SSSR count). The van der Waals surface area contributed by atoms with Crippen molar-refractivity contribution in [3.05, 3.63) is 46.6 Å². The second-order valence-corrected chi connectivity index (χ2v) is 5.51. The number of benzene rings is 1. The Hall–Kier alpha value is -1.68. The lowest BCUT2D eigenvalue weighted by Crippen LogP contribution is -2.43. The van der Waals surface area contributed by atoms with Crippen LogP contribution in [0.25, 0.3) is 0 Å². The quantitative estimate of drug-likeness (QED) is 0.910. The lowest BCUT2D eigenvalue weighted by atomic mass is 10.00. The van der Waals surface area contributed by atoms with Gasteiger partial charge in [-0.15, -0.1) is 0 Å². The van der Waals surface area contributed by atoms with E-state index in [1.54, 1.807) is 0 Å². The van der Waals surface area contributed by atoms with E-state index in [2.05, 4.69) is 47.5 Å². The predicted molar refractivity (Wildman–Crippen MR) is 73.1 cm³/mol. The molecular weight excluding hydrogens is 238 g/mol. The van der Waals surface area contributed by atoms with Crippen LogP contribution in [0.1, 0.15) is 28.4 Å². The Morgan fingerprint density at radius 3 is 2.58 bits per heavy atom. The Morgan fingerprint density at radius 2 is 1.95 bits per heavy atom. The van der Waals surface area contributed by atoms with E-state index < -0.39 is 0 Å². The van der Waals surface area contributed by atoms with Crippen LogP contribution in [0, 0.1) is 19.8 Å². The molecule has 0 unspecified atom stereocenters. The fraction of sp³-hybridized carbons (Fsp3) is 0.467. The van der Waals surface area contributed by atoms with Crippen LogP contribution < -0.4 is 5.32 Å². The van der Waals surface area contributed by atoms with Crippen LogP contribution in [-0.2, 0) is 12.8 Å². The fourth-order valence-corrected chi connectivity index (χ4v) is 2.54. The molecule has 1 N–H and O–H groups in total. The third-order valence-electron chi connectivity index (χ3n) is 3.48. The molecule has 0 amide bonds. The van der Waals surface area contributed by atoms with Crippen molar-refractivity contribution in [1.82, 2.24) is 15.5 Å². The van der Waals surface area contributed by atoms with Crippen molar-refractivity contribution in [2.24, 2.45) is 5.92 Å². The predicted octanol–water partition coefficient (Wildman–Crippen LogP) is 2.04. The van der Waals surface area contributed by atoms with E-state index in [0.717, 1.165) is 37.6 Å². The molecule has 1 aliphatic rings. The molecule has 0 saturated carbocycles. The SMILES string of the molecule is Cc1cc(C)cc(Cc2noc(CC3CNC3)n2)c1. The van der Waals surface area contributed by atoms with Gasteiger partial charge in [-0.25, -0.2) is 0 Å². The van der Waals surface area contributed by atoms with E-state index in [9.17, 15) is 0 Å². The molecule has 0 bridgehead atoms. The van der Waals surface area contributed by atoms with Gasteiger partial charge in [-0.3, -0.25) is 0 Å². The zero-order valence-electron chi connectivity index (χ0n) is 11.4. The van der Waals surface area contributed by atoms with Gasteiger partial charge >= 0.3 is 0 Å². The lowest BCUT2D eigenvalue weighted by Gasteiger charge is -2.25. The number of nitrogens with zero attached hydrogens (tertiary/aromatic N) is 2. The summed E-state index contributed by atoms with van der Waals surface area (Å²) in [5, 5.41) is 7.33. The molecule has 0 aliphatic carbocycles. The van der Waals surface area contributed by atoms with Crippen LogP contribution in [-0.4, -0.2) is 23.2 Å². The van der Waals surface area contributed by atoms with Crippen LogP contribution in [0.3, 0.4) is 0 Å². The number of aryl methyl sites for hydroxylation is 2. The molecule has 2 heterocycles. The van der Waals surface area contributed by atoms with Crippen molar-refractivity contribution < 1.29 is 4.52 Å². The van der Waals surface area contributed by atoms with Crippen molar-refractivity contribution in [3.8, 4) is 0 Å². The molecule has 100 valence electrons. The Balaban J connectivity index is 1.68. The normalized spacial score (nSPS) is 15.5. The Kier molecular flexibility index (Phi) is 3.34. The third kappa shape index (κ3) is 3.01. The maximum Gasteiger partial charge on any atom is 0.227 e. The molecule has 0 spiro atoms. The van der Waals surface area contributed by atoms with Gasteiger partial charge in [0, 0.05) is 12.8 Å². The number of hydrogen-bond donors (Lipinski definition) is 1. The number of aromatic nitrogens is 2. The number of nitrogens with one attached hydrogen (secondary N) is 1. The zero-order chi connectivity index (χ0) is 13.2. The summed E-state index contributed by atoms with van der Waals surface area (Å²) in [4.78, 5) is 4.48. The first-order valence-electron chi connectivity index (χ1n) is 6.78. The van der Waals surface area contributed by atoms with Crippen LogP contribution in [0.2, 0.25) is 0 Å². The lowest BCUT2D eigenvalue weighted by molar-refractivity contribution is 0.295. The van der Waals surface area contributed by atoms with Crippen molar-refractivity contribution >= 4 is 0 Å². The summed E-state index contributed by atoms with van der Waals surface area (Å²) in [5.41, 5.74) is 3.80. The second kappa shape index (κ2) is 5.13. The Bertz CT molecular complexity index is 552. The highest BCUT2D eigenvalue weighted by Crippen LogP contribution is 2.14. The fourth-order valence-electron chi connectivity index (χ4n) is 2.54. The second-order valence-electron chi connectivity index (χ2n) is 5.51. The minimum atomic E-state index is 0.662. The molecule has 2 aromatic rings. The zero-order valence-corrected chi connectivity index (χ0v) is 11.4. The van der Waals surface area contributed by atoms with Gasteiger partial charge in [0.2, 0.25) is 5.89 Å². The molecule has 1 fully saturated rings. The minimum Gasteiger partial charge on any atom is -0.339 e. The summed E-state index contributed by atoms with van der Waals surface area (Å²) < 4.78 is 5.31. The number of rotatable bonds is 4. The maximum atomic E-state index is 5.31. The molecular formula is C15H19N3O. The first kappa shape index (κ1) is 12.4. The van der Waals surface area contributed by atoms with Gasteiger partial charge in [-0.05, 0) is 38.4 Å². The minimum absolute atomic E-state index is 0.662. The third-order valence-corrected chi connectivity index (χ3v) is 3.48. The standard InChI is InChI=1S/C15H19N3O/c1-10-3-11(2)5-12(4-10)6-14-17-15(19-18-14)7-13-8-16-9-13/h3-5,13,16H,6-9H2,1-2H3. The van der Waals surface area contributed by atoms with Gasteiger partial charge < -0.3 is 9.84 Å². The van der Waals surface area contributed by atoms with Crippen LogP contribution in [0.5, 0.6) is 0 Å². The van der Waals surface area contributed by atoms with Gasteiger partial charge in [-0.1, -0.05) is 34.5 Å². The number of hydrogen-bond acceptors (Lipinski definition) is 4. The summed E-state index contributed by atoms with van der Waals surface area (Å²) in [7, 11) is 0. The van der Waals surface area contributed by atoms with Gasteiger partial charge in [0.1, 0.15) is 0 Å². The van der Waals surface area contributed by atoms with Gasteiger partial charge in [0.05, 0.1) is 0 Å². The van der Waals surface area contributed by atoms with E-state index in [1.807, 2.05) is 0 Å². The highest BCUT2D eigenvalue weighted by molar-refractivity contribution is 5.30. The van der Waals surface area contributed by atoms with Crippen molar-refractivity contribution in [2.75, 3.05) is 13.1 Å². The molecule has 1 aliphatic heterocycles. The Morgan fingerprint density at radius 1 is 1.21 bits per heavy atom. The van der Waals surface area contributed by atoms with Gasteiger partial charge in [0.15, 0.2) is 5.82 Å². The smallest absolute Gasteiger partial charge is 0.227 e. The van der Waals surface area contributed by atoms with Crippen LogP contribution >= 0.6 is 0 Å². The molecule has 1 saturated heterocycles. The van der Waals surface area contributed by atoms with E-state index >= 15 is 0 Å². The maximum absolute atomic E-state index is 5.31. The summed E-state index contributed by atoms with van der Waals surface area (Å²) in [6, 6.07) is 6.53. The first-order chi connectivity index (χ1) is 9.19. The monoisotopic (exact) mass is 257 g/mol. The molecule has 0 atom stereocenters. The van der Waals surface area contributed by atoms with Crippen LogP contribution in [0.15, 0.2) is 22.7 Å². The van der Waals surface area contributed by atoms with E-state index in [4.69, 9.17) is 4.52 Å². The Labute approximate surface area is 113 Å². The molecule has 1 aromatic heterocycles. The van der Waals surface area contributed by atoms with Gasteiger partial charge in [-0.2, -0.15) is 4.98 Å². The highest BCUT2D eigenvalue weighted by Gasteiger charge is 2.20. The molecule has 4 nitrogen and oxygen atoms in total. The van der Waals surface area contributed by atoms with Crippen molar-refractivity contribution in [3.63, 3.8) is 0 Å². The average Bonchev–Trinajstić information content (AvgIpc) is 2.70. The molecule has 19 heavy (non-hydrogen) atoms. The summed E-state index contributed by atoms with van der Waals surface area (Å²) in [6.07, 6.45) is 1.64. The van der Waals surface area contributed by atoms with Crippen LogP contribution in [0.4, 0.5) is 0 Å². The van der Waals surface area contributed by atoms with E-state index in [0.29, 0.717) is 5.92 Å². The topological polar surface area (TPSA) is 51.0 Å². The van der Waals surface area contributed by atoms with E-state index in [1.165, 1.54) is 16.7 Å². The summed E-state index contributed by atoms with van der Waals surface area (Å²) in [6.45, 7) is 6.35. The summed E-state index contributed by atoms with van der Waals surface area (Å²) in [5.74, 6) is 2.22. The van der Waals surface area contributed by atoms with Gasteiger partial charge in [0.25, 0.3) is 0 Å². The van der Waals surface area contributed by atoms with E-state index in [-0.39, 0.29) is 0 Å². The summed E-state index contributed by atoms with van der Waals surface area (Å²) >= 11 is 0. The van der Waals surface area contributed by atoms with Crippen molar-refractivity contribution in [2.45, 2.75) is 26.7 Å². The average molecular weight is 257 g/mol.